The van der Waals surface area contributed by atoms with Crippen molar-refractivity contribution in [2.75, 3.05) is 31.6 Å². The number of likely N-dealkylation sites (tertiary alicyclic amines) is 1. The van der Waals surface area contributed by atoms with Gasteiger partial charge in [0.15, 0.2) is 5.78 Å². The van der Waals surface area contributed by atoms with Gasteiger partial charge in [-0.05, 0) is 38.0 Å². The van der Waals surface area contributed by atoms with Crippen molar-refractivity contribution in [3.05, 3.63) is 58.6 Å². The number of rotatable bonds is 5. The molecule has 1 unspecified atom stereocenters. The van der Waals surface area contributed by atoms with Crippen LogP contribution in [0.3, 0.4) is 0 Å². The second-order valence-corrected chi connectivity index (χ2v) is 8.99. The molecule has 2 amide bonds. The summed E-state index contributed by atoms with van der Waals surface area (Å²) in [6.07, 6.45) is 1.45. The molecule has 2 saturated heterocycles. The number of carbonyl (C=O) groups excluding carboxylic acids is 3. The number of anilines is 1. The SMILES string of the molecule is COc1ccc(Cl)cc1N1CC(C(=O)N2CCC(C(=O)c3ccc(C)cc3)CC2)CC1=O. The number of benzene rings is 2. The van der Waals surface area contributed by atoms with Crippen LogP contribution in [0.15, 0.2) is 42.5 Å². The quantitative estimate of drug-likeness (QED) is 0.637. The van der Waals surface area contributed by atoms with E-state index < -0.39 is 5.92 Å². The molecule has 32 heavy (non-hydrogen) atoms. The maximum Gasteiger partial charge on any atom is 0.228 e. The van der Waals surface area contributed by atoms with Crippen molar-refractivity contribution >= 4 is 34.9 Å². The normalized spacial score (nSPS) is 19.3. The fraction of sp³-hybridized carbons (Fsp3) is 0.400. The molecule has 2 aromatic rings. The lowest BCUT2D eigenvalue weighted by Crippen LogP contribution is -2.43. The molecule has 0 N–H and O–H groups in total. The Morgan fingerprint density at radius 3 is 2.38 bits per heavy atom. The summed E-state index contributed by atoms with van der Waals surface area (Å²) < 4.78 is 5.37. The van der Waals surface area contributed by atoms with Crippen molar-refractivity contribution in [1.29, 1.82) is 0 Å². The van der Waals surface area contributed by atoms with Crippen LogP contribution in [0.4, 0.5) is 5.69 Å². The molecule has 0 bridgehead atoms. The summed E-state index contributed by atoms with van der Waals surface area (Å²) in [4.78, 5) is 42.0. The summed E-state index contributed by atoms with van der Waals surface area (Å²) in [6.45, 7) is 3.37. The van der Waals surface area contributed by atoms with Crippen LogP contribution in [0.25, 0.3) is 0 Å². The smallest absolute Gasteiger partial charge is 0.228 e. The number of ketones is 1. The zero-order chi connectivity index (χ0) is 22.8. The second-order valence-electron chi connectivity index (χ2n) is 8.55. The molecule has 168 valence electrons. The maximum absolute atomic E-state index is 13.1. The first-order valence-corrected chi connectivity index (χ1v) is 11.3. The lowest BCUT2D eigenvalue weighted by molar-refractivity contribution is -0.137. The van der Waals surface area contributed by atoms with E-state index in [1.54, 1.807) is 28.0 Å². The number of hydrogen-bond acceptors (Lipinski definition) is 4. The van der Waals surface area contributed by atoms with Gasteiger partial charge in [-0.15, -0.1) is 0 Å². The molecule has 2 fully saturated rings. The fourth-order valence-corrected chi connectivity index (χ4v) is 4.72. The van der Waals surface area contributed by atoms with Gasteiger partial charge in [0.25, 0.3) is 0 Å². The minimum Gasteiger partial charge on any atom is -0.495 e. The molecule has 0 radical (unpaired) electrons. The number of halogens is 1. The molecule has 2 aliphatic rings. The van der Waals surface area contributed by atoms with Crippen molar-refractivity contribution in [3.63, 3.8) is 0 Å². The Labute approximate surface area is 193 Å². The minimum atomic E-state index is -0.407. The Morgan fingerprint density at radius 1 is 1.03 bits per heavy atom. The summed E-state index contributed by atoms with van der Waals surface area (Å²) >= 11 is 6.12. The summed E-state index contributed by atoms with van der Waals surface area (Å²) in [6, 6.07) is 12.8. The van der Waals surface area contributed by atoms with Crippen molar-refractivity contribution in [1.82, 2.24) is 4.90 Å². The largest absolute Gasteiger partial charge is 0.495 e. The topological polar surface area (TPSA) is 66.9 Å². The number of aryl methyl sites for hydroxylation is 1. The highest BCUT2D eigenvalue weighted by Crippen LogP contribution is 2.36. The van der Waals surface area contributed by atoms with E-state index in [0.29, 0.717) is 48.9 Å². The molecule has 0 spiro atoms. The highest BCUT2D eigenvalue weighted by Gasteiger charge is 2.39. The van der Waals surface area contributed by atoms with Gasteiger partial charge in [-0.1, -0.05) is 41.4 Å². The Hall–Kier alpha value is -2.86. The lowest BCUT2D eigenvalue weighted by atomic mass is 9.88. The predicted octanol–water partition coefficient (Wildman–Crippen LogP) is 4.13. The van der Waals surface area contributed by atoms with Crippen LogP contribution in [0.5, 0.6) is 5.75 Å². The summed E-state index contributed by atoms with van der Waals surface area (Å²) in [5.74, 6) is 0.0739. The van der Waals surface area contributed by atoms with E-state index in [0.717, 1.165) is 11.1 Å². The number of ether oxygens (including phenoxy) is 1. The van der Waals surface area contributed by atoms with Gasteiger partial charge >= 0.3 is 0 Å². The molecule has 0 aromatic heterocycles. The average molecular weight is 455 g/mol. The molecule has 4 rings (SSSR count). The first-order chi connectivity index (χ1) is 15.4. The summed E-state index contributed by atoms with van der Waals surface area (Å²) in [7, 11) is 1.54. The predicted molar refractivity (Wildman–Crippen MR) is 123 cm³/mol. The third-order valence-corrected chi connectivity index (χ3v) is 6.65. The van der Waals surface area contributed by atoms with E-state index in [9.17, 15) is 14.4 Å². The number of Topliss-reactive ketones (excluding diaryl/α,β-unsaturated/α-hetero) is 1. The van der Waals surface area contributed by atoms with Crippen molar-refractivity contribution in [3.8, 4) is 5.75 Å². The van der Waals surface area contributed by atoms with Gasteiger partial charge in [0.05, 0.1) is 18.7 Å². The highest BCUT2D eigenvalue weighted by atomic mass is 35.5. The summed E-state index contributed by atoms with van der Waals surface area (Å²) in [5, 5.41) is 0.503. The van der Waals surface area contributed by atoms with Crippen LogP contribution < -0.4 is 9.64 Å². The van der Waals surface area contributed by atoms with E-state index in [2.05, 4.69) is 0 Å². The van der Waals surface area contributed by atoms with Gasteiger partial charge in [0, 0.05) is 42.6 Å². The maximum atomic E-state index is 13.1. The molecule has 0 saturated carbocycles. The van der Waals surface area contributed by atoms with E-state index in [-0.39, 0.29) is 29.9 Å². The number of hydrogen-bond donors (Lipinski definition) is 0. The first kappa shape index (κ1) is 22.3. The van der Waals surface area contributed by atoms with E-state index in [4.69, 9.17) is 16.3 Å². The van der Waals surface area contributed by atoms with Crippen LogP contribution in [-0.4, -0.2) is 49.2 Å². The Morgan fingerprint density at radius 2 is 1.72 bits per heavy atom. The zero-order valence-corrected chi connectivity index (χ0v) is 19.1. The zero-order valence-electron chi connectivity index (χ0n) is 18.3. The molecule has 2 aliphatic heterocycles. The van der Waals surface area contributed by atoms with Crippen LogP contribution >= 0.6 is 11.6 Å². The van der Waals surface area contributed by atoms with Crippen molar-refractivity contribution < 1.29 is 19.1 Å². The van der Waals surface area contributed by atoms with E-state index in [1.165, 1.54) is 7.11 Å². The van der Waals surface area contributed by atoms with Gasteiger partial charge in [-0.25, -0.2) is 0 Å². The van der Waals surface area contributed by atoms with Gasteiger partial charge in [0.1, 0.15) is 5.75 Å². The Kier molecular flexibility index (Phi) is 6.51. The number of methoxy groups -OCH3 is 1. The van der Waals surface area contributed by atoms with Gasteiger partial charge in [-0.2, -0.15) is 0 Å². The molecule has 1 atom stereocenters. The third-order valence-electron chi connectivity index (χ3n) is 6.42. The molecule has 2 aromatic carbocycles. The van der Waals surface area contributed by atoms with Crippen molar-refractivity contribution in [2.24, 2.45) is 11.8 Å². The number of amides is 2. The lowest BCUT2D eigenvalue weighted by Gasteiger charge is -2.33. The standard InChI is InChI=1S/C25H27ClN2O4/c1-16-3-5-17(6-4-16)24(30)18-9-11-27(12-10-18)25(31)19-13-23(29)28(15-19)21-14-20(26)7-8-22(21)32-2/h3-8,14,18-19H,9-13,15H2,1-2H3. The van der Waals surface area contributed by atoms with E-state index >= 15 is 0 Å². The fourth-order valence-electron chi connectivity index (χ4n) is 4.55. The van der Waals surface area contributed by atoms with E-state index in [1.807, 2.05) is 31.2 Å². The molecule has 0 aliphatic carbocycles. The summed E-state index contributed by atoms with van der Waals surface area (Å²) in [5.41, 5.74) is 2.44. The van der Waals surface area contributed by atoms with Crippen LogP contribution in [0, 0.1) is 18.8 Å². The molecular weight excluding hydrogens is 428 g/mol. The Balaban J connectivity index is 1.38. The number of piperidine rings is 1. The minimum absolute atomic E-state index is 0.0249. The second kappa shape index (κ2) is 9.33. The van der Waals surface area contributed by atoms with Crippen LogP contribution in [-0.2, 0) is 9.59 Å². The molecular formula is C25H27ClN2O4. The number of nitrogens with zero attached hydrogens (tertiary/aromatic N) is 2. The average Bonchev–Trinajstić information content (AvgIpc) is 3.20. The van der Waals surface area contributed by atoms with Crippen molar-refractivity contribution in [2.45, 2.75) is 26.2 Å². The molecule has 2 heterocycles. The van der Waals surface area contributed by atoms with Crippen LogP contribution in [0.1, 0.15) is 35.2 Å². The van der Waals surface area contributed by atoms with Gasteiger partial charge < -0.3 is 14.5 Å². The first-order valence-electron chi connectivity index (χ1n) is 10.9. The molecule has 6 nitrogen and oxygen atoms in total. The number of carbonyl (C=O) groups is 3. The third kappa shape index (κ3) is 4.51. The molecule has 7 heteroatoms. The Bertz CT molecular complexity index is 1030. The highest BCUT2D eigenvalue weighted by molar-refractivity contribution is 6.31. The van der Waals surface area contributed by atoms with Crippen LogP contribution in [0.2, 0.25) is 5.02 Å². The van der Waals surface area contributed by atoms with Gasteiger partial charge in [0.2, 0.25) is 11.8 Å². The monoisotopic (exact) mass is 454 g/mol. The van der Waals surface area contributed by atoms with Gasteiger partial charge in [-0.3, -0.25) is 14.4 Å².